The molecule has 1 aromatic carbocycles. The Hall–Kier alpha value is -0.930. The predicted molar refractivity (Wildman–Crippen MR) is 80.2 cm³/mol. The Morgan fingerprint density at radius 1 is 1.16 bits per heavy atom. The van der Waals surface area contributed by atoms with Gasteiger partial charge in [0.25, 0.3) is 0 Å². The number of hydrogen-bond acceptors (Lipinski definition) is 3. The Labute approximate surface area is 121 Å². The summed E-state index contributed by atoms with van der Waals surface area (Å²) in [6, 6.07) is 3.73. The topological polar surface area (TPSA) is 44.5 Å². The molecule has 19 heavy (non-hydrogen) atoms. The SMILES string of the molecule is CCCCCCC(N)c1ccc(OC)c(Cl)c1OC. The second-order valence-corrected chi connectivity index (χ2v) is 5.04. The lowest BCUT2D eigenvalue weighted by Gasteiger charge is -2.18. The maximum absolute atomic E-state index is 6.24. The van der Waals surface area contributed by atoms with Crippen LogP contribution in [0.3, 0.4) is 0 Å². The van der Waals surface area contributed by atoms with Crippen LogP contribution in [0.5, 0.6) is 11.5 Å². The minimum Gasteiger partial charge on any atom is -0.495 e. The lowest BCUT2D eigenvalue weighted by molar-refractivity contribution is 0.387. The van der Waals surface area contributed by atoms with Gasteiger partial charge >= 0.3 is 0 Å². The minimum atomic E-state index is -0.0461. The highest BCUT2D eigenvalue weighted by Gasteiger charge is 2.17. The van der Waals surface area contributed by atoms with Crippen molar-refractivity contribution in [2.45, 2.75) is 45.1 Å². The number of methoxy groups -OCH3 is 2. The highest BCUT2D eigenvalue weighted by Crippen LogP contribution is 2.39. The Kier molecular flexibility index (Phi) is 7.03. The summed E-state index contributed by atoms with van der Waals surface area (Å²) >= 11 is 6.24. The third-order valence-electron chi connectivity index (χ3n) is 3.28. The third kappa shape index (κ3) is 4.29. The second-order valence-electron chi connectivity index (χ2n) is 4.66. The summed E-state index contributed by atoms with van der Waals surface area (Å²) in [5, 5.41) is 0.492. The fraction of sp³-hybridized carbons (Fsp3) is 0.600. The van der Waals surface area contributed by atoms with Gasteiger partial charge in [-0.3, -0.25) is 0 Å². The van der Waals surface area contributed by atoms with Crippen molar-refractivity contribution in [2.24, 2.45) is 5.73 Å². The van der Waals surface area contributed by atoms with Crippen LogP contribution < -0.4 is 15.2 Å². The number of nitrogens with two attached hydrogens (primary N) is 1. The lowest BCUT2D eigenvalue weighted by Crippen LogP contribution is -2.12. The molecule has 0 aromatic heterocycles. The number of unbranched alkanes of at least 4 members (excludes halogenated alkanes) is 3. The number of hydrogen-bond donors (Lipinski definition) is 1. The van der Waals surface area contributed by atoms with Crippen LogP contribution in [0.1, 0.15) is 50.6 Å². The molecule has 0 bridgehead atoms. The van der Waals surface area contributed by atoms with Gasteiger partial charge in [-0.15, -0.1) is 0 Å². The first-order chi connectivity index (χ1) is 9.15. The number of halogens is 1. The molecular formula is C15H24ClNO2. The van der Waals surface area contributed by atoms with E-state index >= 15 is 0 Å². The molecule has 0 saturated carbocycles. The lowest BCUT2D eigenvalue weighted by atomic mass is 9.99. The number of ether oxygens (including phenoxy) is 2. The van der Waals surface area contributed by atoms with Gasteiger partial charge in [-0.25, -0.2) is 0 Å². The maximum Gasteiger partial charge on any atom is 0.146 e. The van der Waals surface area contributed by atoms with Crippen molar-refractivity contribution in [3.05, 3.63) is 22.7 Å². The van der Waals surface area contributed by atoms with Crippen LogP contribution in [0.2, 0.25) is 5.02 Å². The van der Waals surface area contributed by atoms with Gasteiger partial charge in [0.1, 0.15) is 16.5 Å². The Balaban J connectivity index is 2.78. The zero-order chi connectivity index (χ0) is 14.3. The molecule has 1 rings (SSSR count). The summed E-state index contributed by atoms with van der Waals surface area (Å²) in [7, 11) is 3.19. The van der Waals surface area contributed by atoms with Crippen LogP contribution in [0.25, 0.3) is 0 Å². The average Bonchev–Trinajstić information content (AvgIpc) is 2.43. The summed E-state index contributed by atoms with van der Waals surface area (Å²) in [4.78, 5) is 0. The van der Waals surface area contributed by atoms with E-state index in [1.54, 1.807) is 14.2 Å². The number of benzene rings is 1. The van der Waals surface area contributed by atoms with Gasteiger partial charge in [-0.05, 0) is 18.6 Å². The van der Waals surface area contributed by atoms with Crippen LogP contribution in [-0.4, -0.2) is 14.2 Å². The molecule has 0 spiro atoms. The molecule has 2 N–H and O–H groups in total. The molecular weight excluding hydrogens is 262 g/mol. The molecule has 0 aliphatic heterocycles. The molecule has 0 saturated heterocycles. The van der Waals surface area contributed by atoms with Crippen LogP contribution in [-0.2, 0) is 0 Å². The van der Waals surface area contributed by atoms with Crippen molar-refractivity contribution in [2.75, 3.05) is 14.2 Å². The minimum absolute atomic E-state index is 0.0461. The van der Waals surface area contributed by atoms with E-state index in [0.717, 1.165) is 18.4 Å². The van der Waals surface area contributed by atoms with Gasteiger partial charge in [0.15, 0.2) is 0 Å². The standard InChI is InChI=1S/C15H24ClNO2/c1-4-5-6-7-8-12(17)11-9-10-13(18-2)14(16)15(11)19-3/h9-10,12H,4-8,17H2,1-3H3. The van der Waals surface area contributed by atoms with Crippen molar-refractivity contribution >= 4 is 11.6 Å². The molecule has 4 heteroatoms. The molecule has 0 fully saturated rings. The molecule has 1 atom stereocenters. The predicted octanol–water partition coefficient (Wildman–Crippen LogP) is 4.33. The van der Waals surface area contributed by atoms with E-state index in [1.807, 2.05) is 12.1 Å². The summed E-state index contributed by atoms with van der Waals surface area (Å²) in [5.41, 5.74) is 7.18. The summed E-state index contributed by atoms with van der Waals surface area (Å²) in [5.74, 6) is 1.24. The van der Waals surface area contributed by atoms with E-state index in [1.165, 1.54) is 19.3 Å². The van der Waals surface area contributed by atoms with Crippen molar-refractivity contribution in [3.8, 4) is 11.5 Å². The molecule has 0 aliphatic carbocycles. The monoisotopic (exact) mass is 285 g/mol. The average molecular weight is 286 g/mol. The molecule has 1 unspecified atom stereocenters. The Morgan fingerprint density at radius 2 is 1.89 bits per heavy atom. The van der Waals surface area contributed by atoms with Gasteiger partial charge in [0.05, 0.1) is 14.2 Å². The largest absolute Gasteiger partial charge is 0.495 e. The zero-order valence-corrected chi connectivity index (χ0v) is 12.8. The molecule has 0 amide bonds. The first-order valence-corrected chi connectivity index (χ1v) is 7.19. The van der Waals surface area contributed by atoms with Crippen LogP contribution in [0, 0.1) is 0 Å². The van der Waals surface area contributed by atoms with Gasteiger partial charge in [0.2, 0.25) is 0 Å². The highest BCUT2D eigenvalue weighted by atomic mass is 35.5. The first-order valence-electron chi connectivity index (χ1n) is 6.81. The van der Waals surface area contributed by atoms with Crippen LogP contribution >= 0.6 is 11.6 Å². The molecule has 108 valence electrons. The van der Waals surface area contributed by atoms with Crippen molar-refractivity contribution in [1.82, 2.24) is 0 Å². The molecule has 1 aromatic rings. The number of rotatable bonds is 8. The van der Waals surface area contributed by atoms with Crippen molar-refractivity contribution in [3.63, 3.8) is 0 Å². The molecule has 0 heterocycles. The molecule has 0 radical (unpaired) electrons. The van der Waals surface area contributed by atoms with E-state index in [0.29, 0.717) is 16.5 Å². The van der Waals surface area contributed by atoms with E-state index in [2.05, 4.69) is 6.92 Å². The normalized spacial score (nSPS) is 12.3. The fourth-order valence-electron chi connectivity index (χ4n) is 2.16. The Morgan fingerprint density at radius 3 is 2.47 bits per heavy atom. The quantitative estimate of drug-likeness (QED) is 0.723. The summed E-state index contributed by atoms with van der Waals surface area (Å²) < 4.78 is 10.6. The highest BCUT2D eigenvalue weighted by molar-refractivity contribution is 6.33. The van der Waals surface area contributed by atoms with Crippen LogP contribution in [0.4, 0.5) is 0 Å². The molecule has 0 aliphatic rings. The van der Waals surface area contributed by atoms with E-state index in [9.17, 15) is 0 Å². The van der Waals surface area contributed by atoms with Crippen molar-refractivity contribution < 1.29 is 9.47 Å². The van der Waals surface area contributed by atoms with Gasteiger partial charge in [-0.2, -0.15) is 0 Å². The fourth-order valence-corrected chi connectivity index (χ4v) is 2.48. The van der Waals surface area contributed by atoms with Crippen LogP contribution in [0.15, 0.2) is 12.1 Å². The van der Waals surface area contributed by atoms with Crippen molar-refractivity contribution in [1.29, 1.82) is 0 Å². The van der Waals surface area contributed by atoms with E-state index < -0.39 is 0 Å². The van der Waals surface area contributed by atoms with E-state index in [-0.39, 0.29) is 6.04 Å². The Bertz CT molecular complexity index is 396. The summed E-state index contributed by atoms with van der Waals surface area (Å²) in [6.07, 6.45) is 5.78. The summed E-state index contributed by atoms with van der Waals surface area (Å²) in [6.45, 7) is 2.20. The third-order valence-corrected chi connectivity index (χ3v) is 3.64. The smallest absolute Gasteiger partial charge is 0.146 e. The zero-order valence-electron chi connectivity index (χ0n) is 12.0. The van der Waals surface area contributed by atoms with Gasteiger partial charge < -0.3 is 15.2 Å². The van der Waals surface area contributed by atoms with E-state index in [4.69, 9.17) is 26.8 Å². The second kappa shape index (κ2) is 8.28. The molecule has 3 nitrogen and oxygen atoms in total. The van der Waals surface area contributed by atoms with Gasteiger partial charge in [-0.1, -0.05) is 44.2 Å². The first kappa shape index (κ1) is 16.1. The maximum atomic E-state index is 6.24. The van der Waals surface area contributed by atoms with Gasteiger partial charge in [0, 0.05) is 11.6 Å².